The van der Waals surface area contributed by atoms with Gasteiger partial charge in [-0.15, -0.1) is 24.2 Å². The van der Waals surface area contributed by atoms with Crippen molar-refractivity contribution in [1.29, 1.82) is 0 Å². The predicted molar refractivity (Wildman–Crippen MR) is 67.7 cm³/mol. The summed E-state index contributed by atoms with van der Waals surface area (Å²) in [5.41, 5.74) is 6.44. The van der Waals surface area contributed by atoms with Crippen molar-refractivity contribution in [3.8, 4) is 0 Å². The van der Waals surface area contributed by atoms with Gasteiger partial charge in [0.15, 0.2) is 0 Å². The van der Waals surface area contributed by atoms with Crippen molar-refractivity contribution in [2.75, 3.05) is 6.26 Å². The Hall–Kier alpha value is -0.390. The smallest absolute Gasteiger partial charge is 0.324 e. The van der Waals surface area contributed by atoms with Crippen LogP contribution in [0.5, 0.6) is 0 Å². The summed E-state index contributed by atoms with van der Waals surface area (Å²) < 4.78 is 36.0. The summed E-state index contributed by atoms with van der Waals surface area (Å²) in [6.45, 7) is 0. The highest BCUT2D eigenvalue weighted by molar-refractivity contribution is 7.98. The summed E-state index contributed by atoms with van der Waals surface area (Å²) in [5.74, 6) is 0. The minimum atomic E-state index is -4.13. The summed E-state index contributed by atoms with van der Waals surface area (Å²) in [4.78, 5) is 1.08. The van der Waals surface area contributed by atoms with Crippen molar-refractivity contribution in [3.05, 3.63) is 29.8 Å². The van der Waals surface area contributed by atoms with Crippen LogP contribution in [0.1, 0.15) is 24.4 Å². The minimum absolute atomic E-state index is 0. The summed E-state index contributed by atoms with van der Waals surface area (Å²) in [6.07, 6.45) is -3.09. The Balaban J connectivity index is 0.00000256. The van der Waals surface area contributed by atoms with Gasteiger partial charge in [0, 0.05) is 17.4 Å². The van der Waals surface area contributed by atoms with E-state index in [4.69, 9.17) is 5.73 Å². The van der Waals surface area contributed by atoms with Crippen molar-refractivity contribution < 1.29 is 13.2 Å². The molecule has 0 aliphatic carbocycles. The molecule has 98 valence electrons. The molecule has 17 heavy (non-hydrogen) atoms. The molecule has 6 heteroatoms. The molecule has 0 radical (unpaired) electrons. The summed E-state index contributed by atoms with van der Waals surface area (Å²) in [6, 6.07) is 6.76. The number of halogens is 4. The monoisotopic (exact) mass is 285 g/mol. The number of rotatable bonds is 4. The molecular formula is C11H15ClF3NS. The third kappa shape index (κ3) is 6.19. The molecule has 0 unspecified atom stereocenters. The first-order chi connectivity index (χ1) is 7.42. The SMILES string of the molecule is CSc1ccc([C@H](N)CCC(F)(F)F)cc1.Cl. The minimum Gasteiger partial charge on any atom is -0.324 e. The van der Waals surface area contributed by atoms with Gasteiger partial charge in [-0.25, -0.2) is 0 Å². The highest BCUT2D eigenvalue weighted by atomic mass is 35.5. The van der Waals surface area contributed by atoms with E-state index in [1.165, 1.54) is 0 Å². The highest BCUT2D eigenvalue weighted by Crippen LogP contribution is 2.27. The van der Waals surface area contributed by atoms with Crippen LogP contribution in [0.15, 0.2) is 29.2 Å². The fraction of sp³-hybridized carbons (Fsp3) is 0.455. The first-order valence-electron chi connectivity index (χ1n) is 4.88. The number of alkyl halides is 3. The van der Waals surface area contributed by atoms with Crippen molar-refractivity contribution >= 4 is 24.2 Å². The average Bonchev–Trinajstić information content (AvgIpc) is 2.25. The van der Waals surface area contributed by atoms with E-state index in [2.05, 4.69) is 0 Å². The van der Waals surface area contributed by atoms with Gasteiger partial charge < -0.3 is 5.73 Å². The zero-order valence-electron chi connectivity index (χ0n) is 9.33. The Morgan fingerprint density at radius 2 is 1.76 bits per heavy atom. The van der Waals surface area contributed by atoms with Gasteiger partial charge in [-0.05, 0) is 30.4 Å². The normalized spacial score (nSPS) is 13.0. The van der Waals surface area contributed by atoms with Crippen LogP contribution in [0.4, 0.5) is 13.2 Å². The Morgan fingerprint density at radius 1 is 1.24 bits per heavy atom. The second kappa shape index (κ2) is 7.13. The molecule has 0 aromatic heterocycles. The highest BCUT2D eigenvalue weighted by Gasteiger charge is 2.27. The second-order valence-corrected chi connectivity index (χ2v) is 4.41. The van der Waals surface area contributed by atoms with Crippen molar-refractivity contribution in [2.24, 2.45) is 5.73 Å². The summed E-state index contributed by atoms with van der Waals surface area (Å²) in [7, 11) is 0. The Kier molecular flexibility index (Phi) is 6.97. The maximum atomic E-state index is 12.0. The van der Waals surface area contributed by atoms with Crippen LogP contribution < -0.4 is 5.73 Å². The van der Waals surface area contributed by atoms with E-state index in [0.29, 0.717) is 0 Å². The lowest BCUT2D eigenvalue weighted by Crippen LogP contribution is -2.15. The van der Waals surface area contributed by atoms with Crippen molar-refractivity contribution in [3.63, 3.8) is 0 Å². The van der Waals surface area contributed by atoms with Crippen LogP contribution in [0.25, 0.3) is 0 Å². The van der Waals surface area contributed by atoms with Gasteiger partial charge in [-0.3, -0.25) is 0 Å². The standard InChI is InChI=1S/C11H14F3NS.ClH/c1-16-9-4-2-8(3-5-9)10(15)6-7-11(12,13)14;/h2-5,10H,6-7,15H2,1H3;1H/t10-;/m1./s1. The Morgan fingerprint density at radius 3 is 2.18 bits per heavy atom. The molecule has 1 aromatic rings. The molecule has 0 saturated heterocycles. The van der Waals surface area contributed by atoms with Crippen LogP contribution in [0, 0.1) is 0 Å². The average molecular weight is 286 g/mol. The number of thioether (sulfide) groups is 1. The van der Waals surface area contributed by atoms with Gasteiger partial charge >= 0.3 is 6.18 Å². The molecule has 0 spiro atoms. The van der Waals surface area contributed by atoms with E-state index in [0.717, 1.165) is 10.5 Å². The molecule has 0 bridgehead atoms. The zero-order valence-corrected chi connectivity index (χ0v) is 11.0. The number of benzene rings is 1. The molecule has 1 nitrogen and oxygen atoms in total. The largest absolute Gasteiger partial charge is 0.389 e. The van der Waals surface area contributed by atoms with E-state index in [9.17, 15) is 13.2 Å². The van der Waals surface area contributed by atoms with Gasteiger partial charge in [0.1, 0.15) is 0 Å². The lowest BCUT2D eigenvalue weighted by atomic mass is 10.0. The molecule has 0 heterocycles. The zero-order chi connectivity index (χ0) is 12.2. The van der Waals surface area contributed by atoms with Crippen molar-refractivity contribution in [2.45, 2.75) is 30.0 Å². The van der Waals surface area contributed by atoms with Crippen LogP contribution >= 0.6 is 24.2 Å². The quantitative estimate of drug-likeness (QED) is 0.840. The fourth-order valence-electron chi connectivity index (χ4n) is 1.34. The molecule has 0 aliphatic rings. The molecule has 2 N–H and O–H groups in total. The number of hydrogen-bond acceptors (Lipinski definition) is 2. The second-order valence-electron chi connectivity index (χ2n) is 3.53. The Bertz CT molecular complexity index is 326. The number of hydrogen-bond donors (Lipinski definition) is 1. The topological polar surface area (TPSA) is 26.0 Å². The van der Waals surface area contributed by atoms with Gasteiger partial charge in [0.2, 0.25) is 0 Å². The first kappa shape index (κ1) is 16.6. The van der Waals surface area contributed by atoms with Gasteiger partial charge in [-0.1, -0.05) is 12.1 Å². The fourth-order valence-corrected chi connectivity index (χ4v) is 1.75. The first-order valence-corrected chi connectivity index (χ1v) is 6.11. The number of nitrogens with two attached hydrogens (primary N) is 1. The van der Waals surface area contributed by atoms with Crippen LogP contribution in [0.3, 0.4) is 0 Å². The molecule has 0 amide bonds. The molecule has 0 saturated carbocycles. The van der Waals surface area contributed by atoms with Gasteiger partial charge in [0.05, 0.1) is 0 Å². The molecule has 0 aliphatic heterocycles. The maximum Gasteiger partial charge on any atom is 0.389 e. The van der Waals surface area contributed by atoms with Gasteiger partial charge in [-0.2, -0.15) is 13.2 Å². The molecular weight excluding hydrogens is 271 g/mol. The molecule has 1 atom stereocenters. The van der Waals surface area contributed by atoms with E-state index in [1.54, 1.807) is 23.9 Å². The third-order valence-electron chi connectivity index (χ3n) is 2.28. The van der Waals surface area contributed by atoms with Crippen molar-refractivity contribution in [1.82, 2.24) is 0 Å². The van der Waals surface area contributed by atoms with Crippen LogP contribution in [-0.4, -0.2) is 12.4 Å². The van der Waals surface area contributed by atoms with E-state index in [1.807, 2.05) is 18.4 Å². The summed E-state index contributed by atoms with van der Waals surface area (Å²) >= 11 is 1.59. The van der Waals surface area contributed by atoms with Crippen LogP contribution in [-0.2, 0) is 0 Å². The van der Waals surface area contributed by atoms with E-state index in [-0.39, 0.29) is 18.8 Å². The molecule has 1 aromatic carbocycles. The maximum absolute atomic E-state index is 12.0. The predicted octanol–water partition coefficient (Wildman–Crippen LogP) is 4.17. The van der Waals surface area contributed by atoms with Crippen LogP contribution in [0.2, 0.25) is 0 Å². The molecule has 1 rings (SSSR count). The lowest BCUT2D eigenvalue weighted by molar-refractivity contribution is -0.136. The lowest BCUT2D eigenvalue weighted by Gasteiger charge is -2.13. The van der Waals surface area contributed by atoms with E-state index >= 15 is 0 Å². The van der Waals surface area contributed by atoms with E-state index < -0.39 is 18.6 Å². The van der Waals surface area contributed by atoms with Gasteiger partial charge in [0.25, 0.3) is 0 Å². The summed E-state index contributed by atoms with van der Waals surface area (Å²) in [5, 5.41) is 0. The molecule has 0 fully saturated rings. The third-order valence-corrected chi connectivity index (χ3v) is 3.03. The Labute approximate surface area is 109 Å².